The van der Waals surface area contributed by atoms with Gasteiger partial charge in [0.15, 0.2) is 0 Å². The fraction of sp³-hybridized carbons (Fsp3) is 0.231. The molecule has 0 saturated heterocycles. The molecule has 1 heterocycles. The van der Waals surface area contributed by atoms with Crippen molar-refractivity contribution in [3.8, 4) is 0 Å². The lowest BCUT2D eigenvalue weighted by Crippen LogP contribution is -1.96. The van der Waals surface area contributed by atoms with Gasteiger partial charge in [-0.25, -0.2) is 0 Å². The maximum Gasteiger partial charge on any atom is 0.0406 e. The molecule has 0 aliphatic carbocycles. The van der Waals surface area contributed by atoms with Gasteiger partial charge >= 0.3 is 0 Å². The molecule has 3 heteroatoms. The first-order valence-electron chi connectivity index (χ1n) is 5.27. The van der Waals surface area contributed by atoms with Gasteiger partial charge < -0.3 is 4.57 Å². The zero-order valence-corrected chi connectivity index (χ0v) is 10.5. The van der Waals surface area contributed by atoms with Gasteiger partial charge in [0.1, 0.15) is 0 Å². The molecule has 0 bridgehead atoms. The Morgan fingerprint density at radius 2 is 1.75 bits per heavy atom. The molecule has 0 amide bonds. The second kappa shape index (κ2) is 6.02. The number of aromatic nitrogens is 1. The number of thioether (sulfide) groups is 1. The van der Waals surface area contributed by atoms with Crippen LogP contribution in [0.5, 0.6) is 0 Å². The molecule has 0 atom stereocenters. The smallest absolute Gasteiger partial charge is 0.0406 e. The minimum Gasteiger partial charge on any atom is -0.353 e. The molecule has 0 saturated carbocycles. The predicted molar refractivity (Wildman–Crippen MR) is 72.0 cm³/mol. The normalized spacial score (nSPS) is 10.6. The van der Waals surface area contributed by atoms with Crippen LogP contribution in [0.3, 0.4) is 0 Å². The van der Waals surface area contributed by atoms with Gasteiger partial charge in [0.2, 0.25) is 0 Å². The molecule has 1 aromatic carbocycles. The highest BCUT2D eigenvalue weighted by Gasteiger charge is 1.94. The van der Waals surface area contributed by atoms with Gasteiger partial charge in [0.05, 0.1) is 0 Å². The van der Waals surface area contributed by atoms with Crippen LogP contribution in [0.15, 0.2) is 48.8 Å². The van der Waals surface area contributed by atoms with Crippen LogP contribution in [0.25, 0.3) is 0 Å². The average molecular weight is 252 g/mol. The number of hydrogen-bond acceptors (Lipinski definition) is 1. The zero-order chi connectivity index (χ0) is 11.2. The number of rotatable bonds is 5. The van der Waals surface area contributed by atoms with Crippen molar-refractivity contribution >= 4 is 23.4 Å². The van der Waals surface area contributed by atoms with Crippen LogP contribution >= 0.6 is 23.4 Å². The first-order valence-corrected chi connectivity index (χ1v) is 6.81. The summed E-state index contributed by atoms with van der Waals surface area (Å²) in [5.41, 5.74) is 1.34. The summed E-state index contributed by atoms with van der Waals surface area (Å²) in [7, 11) is 0. The number of halogens is 1. The quantitative estimate of drug-likeness (QED) is 0.725. The Balaban J connectivity index is 1.70. The van der Waals surface area contributed by atoms with E-state index in [1.165, 1.54) is 5.56 Å². The zero-order valence-electron chi connectivity index (χ0n) is 8.97. The largest absolute Gasteiger partial charge is 0.353 e. The number of aryl methyl sites for hydroxylation is 1. The molecule has 0 spiro atoms. The Morgan fingerprint density at radius 3 is 2.44 bits per heavy atom. The monoisotopic (exact) mass is 251 g/mol. The Bertz CT molecular complexity index is 408. The summed E-state index contributed by atoms with van der Waals surface area (Å²) in [6.07, 6.45) is 4.20. The summed E-state index contributed by atoms with van der Waals surface area (Å²) in [5, 5.41) is 0.807. The molecule has 1 aromatic heterocycles. The van der Waals surface area contributed by atoms with E-state index in [0.717, 1.165) is 23.1 Å². The van der Waals surface area contributed by atoms with E-state index in [1.54, 1.807) is 0 Å². The maximum absolute atomic E-state index is 5.83. The minimum absolute atomic E-state index is 0.807. The topological polar surface area (TPSA) is 4.93 Å². The number of hydrogen-bond donors (Lipinski definition) is 0. The third-order valence-corrected chi connectivity index (χ3v) is 3.60. The van der Waals surface area contributed by atoms with E-state index >= 15 is 0 Å². The summed E-state index contributed by atoms with van der Waals surface area (Å²) in [6, 6.07) is 12.2. The summed E-state index contributed by atoms with van der Waals surface area (Å²) < 4.78 is 2.20. The third-order valence-electron chi connectivity index (χ3n) is 2.34. The van der Waals surface area contributed by atoms with Crippen molar-refractivity contribution < 1.29 is 0 Å². The standard InChI is InChI=1S/C13H14ClNS/c14-13-5-3-12(4-6-13)11-16-10-9-15-7-1-2-8-15/h1-8H,9-11H2. The molecule has 2 rings (SSSR count). The van der Waals surface area contributed by atoms with Crippen LogP contribution < -0.4 is 0 Å². The molecule has 0 aliphatic heterocycles. The Kier molecular flexibility index (Phi) is 4.37. The van der Waals surface area contributed by atoms with Gasteiger partial charge in [-0.2, -0.15) is 11.8 Å². The van der Waals surface area contributed by atoms with Gasteiger partial charge in [-0.3, -0.25) is 0 Å². The van der Waals surface area contributed by atoms with Crippen molar-refractivity contribution in [1.82, 2.24) is 4.57 Å². The highest BCUT2D eigenvalue weighted by Crippen LogP contribution is 2.15. The van der Waals surface area contributed by atoms with E-state index in [0.29, 0.717) is 0 Å². The van der Waals surface area contributed by atoms with Crippen LogP contribution in [0.1, 0.15) is 5.56 Å². The molecule has 0 N–H and O–H groups in total. The van der Waals surface area contributed by atoms with Crippen LogP contribution in [0.2, 0.25) is 5.02 Å². The minimum atomic E-state index is 0.807. The van der Waals surface area contributed by atoms with E-state index in [2.05, 4.69) is 41.2 Å². The average Bonchev–Trinajstić information content (AvgIpc) is 2.80. The van der Waals surface area contributed by atoms with E-state index in [4.69, 9.17) is 11.6 Å². The Morgan fingerprint density at radius 1 is 1.06 bits per heavy atom. The Hall–Kier alpha value is -0.860. The van der Waals surface area contributed by atoms with E-state index in [1.807, 2.05) is 23.9 Å². The fourth-order valence-corrected chi connectivity index (χ4v) is 2.50. The van der Waals surface area contributed by atoms with Gasteiger partial charge in [0, 0.05) is 35.5 Å². The molecule has 84 valence electrons. The van der Waals surface area contributed by atoms with Gasteiger partial charge in [-0.15, -0.1) is 0 Å². The third kappa shape index (κ3) is 3.62. The molecule has 0 aliphatic rings. The number of benzene rings is 1. The summed E-state index contributed by atoms with van der Waals surface area (Å²) in [4.78, 5) is 0. The highest BCUT2D eigenvalue weighted by molar-refractivity contribution is 7.98. The molecular formula is C13H14ClNS. The van der Waals surface area contributed by atoms with Crippen LogP contribution in [0, 0.1) is 0 Å². The van der Waals surface area contributed by atoms with E-state index < -0.39 is 0 Å². The fourth-order valence-electron chi connectivity index (χ4n) is 1.46. The maximum atomic E-state index is 5.83. The molecule has 0 unspecified atom stereocenters. The predicted octanol–water partition coefficient (Wildman–Crippen LogP) is 4.07. The summed E-state index contributed by atoms with van der Waals surface area (Å²) in [6.45, 7) is 1.07. The second-order valence-electron chi connectivity index (χ2n) is 3.60. The second-order valence-corrected chi connectivity index (χ2v) is 5.14. The molecule has 2 aromatic rings. The lowest BCUT2D eigenvalue weighted by molar-refractivity contribution is 0.778. The van der Waals surface area contributed by atoms with Crippen molar-refractivity contribution in [2.75, 3.05) is 5.75 Å². The van der Waals surface area contributed by atoms with E-state index in [9.17, 15) is 0 Å². The first kappa shape index (κ1) is 11.6. The molecule has 1 nitrogen and oxygen atoms in total. The van der Waals surface area contributed by atoms with Gasteiger partial charge in [-0.1, -0.05) is 23.7 Å². The van der Waals surface area contributed by atoms with Crippen LogP contribution in [-0.4, -0.2) is 10.3 Å². The van der Waals surface area contributed by atoms with Gasteiger partial charge in [0.25, 0.3) is 0 Å². The van der Waals surface area contributed by atoms with Gasteiger partial charge in [-0.05, 0) is 29.8 Å². The summed E-state index contributed by atoms with van der Waals surface area (Å²) >= 11 is 7.78. The molecule has 0 radical (unpaired) electrons. The molecule has 16 heavy (non-hydrogen) atoms. The number of nitrogens with zero attached hydrogens (tertiary/aromatic N) is 1. The molecular weight excluding hydrogens is 238 g/mol. The van der Waals surface area contributed by atoms with Crippen LogP contribution in [-0.2, 0) is 12.3 Å². The van der Waals surface area contributed by atoms with Crippen molar-refractivity contribution in [2.45, 2.75) is 12.3 Å². The first-order chi connectivity index (χ1) is 7.84. The van der Waals surface area contributed by atoms with E-state index in [-0.39, 0.29) is 0 Å². The van der Waals surface area contributed by atoms with Crippen LogP contribution in [0.4, 0.5) is 0 Å². The molecule has 0 fully saturated rings. The highest BCUT2D eigenvalue weighted by atomic mass is 35.5. The van der Waals surface area contributed by atoms with Crippen molar-refractivity contribution in [3.05, 3.63) is 59.4 Å². The summed E-state index contributed by atoms with van der Waals surface area (Å²) in [5.74, 6) is 2.19. The lowest BCUT2D eigenvalue weighted by atomic mass is 10.2. The van der Waals surface area contributed by atoms with Crippen molar-refractivity contribution in [3.63, 3.8) is 0 Å². The van der Waals surface area contributed by atoms with Crippen molar-refractivity contribution in [1.29, 1.82) is 0 Å². The lowest BCUT2D eigenvalue weighted by Gasteiger charge is -2.03. The Labute approximate surface area is 105 Å². The SMILES string of the molecule is Clc1ccc(CSCCn2cccc2)cc1. The van der Waals surface area contributed by atoms with Crippen molar-refractivity contribution in [2.24, 2.45) is 0 Å².